The number of benzene rings is 3. The molecule has 2 fully saturated rings. The van der Waals surface area contributed by atoms with E-state index < -0.39 is 5.82 Å². The quantitative estimate of drug-likeness (QED) is 0.129. The molecule has 13 heteroatoms. The predicted molar refractivity (Wildman–Crippen MR) is 214 cm³/mol. The van der Waals surface area contributed by atoms with Crippen LogP contribution < -0.4 is 20.5 Å². The van der Waals surface area contributed by atoms with Gasteiger partial charge in [-0.1, -0.05) is 66.4 Å². The fourth-order valence-corrected chi connectivity index (χ4v) is 8.73. The number of ether oxygens (including phenoxy) is 3. The maximum Gasteiger partial charge on any atom is 0.308 e. The zero-order valence-electron chi connectivity index (χ0n) is 31.8. The molecule has 2 atom stereocenters. The third-order valence-corrected chi connectivity index (χ3v) is 12.9. The van der Waals surface area contributed by atoms with Crippen LogP contribution in [0.2, 0.25) is 10.0 Å². The molecule has 0 spiro atoms. The maximum atomic E-state index is 15.4. The Morgan fingerprint density at radius 1 is 1.02 bits per heavy atom. The monoisotopic (exact) mass is 803 g/mol. The summed E-state index contributed by atoms with van der Waals surface area (Å²) in [6, 6.07) is 13.3. The number of nitrogens with two attached hydrogens (primary N) is 1. The number of carbonyl (C=O) groups is 2. The van der Waals surface area contributed by atoms with Crippen molar-refractivity contribution in [2.24, 2.45) is 24.6 Å². The number of rotatable bonds is 13. The van der Waals surface area contributed by atoms with Crippen LogP contribution in [0.4, 0.5) is 10.1 Å². The van der Waals surface area contributed by atoms with E-state index in [4.69, 9.17) is 48.1 Å². The Morgan fingerprint density at radius 2 is 1.79 bits per heavy atom. The van der Waals surface area contributed by atoms with Gasteiger partial charge in [-0.15, -0.1) is 0 Å². The van der Waals surface area contributed by atoms with E-state index in [1.54, 1.807) is 12.1 Å². The van der Waals surface area contributed by atoms with Crippen LogP contribution in [0, 0.1) is 17.7 Å². The predicted octanol–water partition coefficient (Wildman–Crippen LogP) is 8.58. The van der Waals surface area contributed by atoms with Crippen LogP contribution >= 0.6 is 23.2 Å². The molecular weight excluding hydrogens is 756 g/mol. The summed E-state index contributed by atoms with van der Waals surface area (Å²) in [6.45, 7) is 4.20. The van der Waals surface area contributed by atoms with Crippen LogP contribution in [-0.4, -0.2) is 52.1 Å². The molecule has 0 bridgehead atoms. The second-order valence-corrected chi connectivity index (χ2v) is 16.4. The normalized spacial score (nSPS) is 18.7. The van der Waals surface area contributed by atoms with Crippen molar-refractivity contribution in [3.8, 4) is 22.6 Å². The lowest BCUT2D eigenvalue weighted by molar-refractivity contribution is -0.153. The highest BCUT2D eigenvalue weighted by atomic mass is 35.5. The summed E-state index contributed by atoms with van der Waals surface area (Å²) in [5.41, 5.74) is 12.2. The van der Waals surface area contributed by atoms with Gasteiger partial charge in [-0.25, -0.2) is 9.37 Å². The Hall–Kier alpha value is -4.16. The van der Waals surface area contributed by atoms with Crippen LogP contribution in [0.15, 0.2) is 42.5 Å². The number of halogens is 3. The minimum Gasteiger partial charge on any atom is -0.493 e. The van der Waals surface area contributed by atoms with Gasteiger partial charge >= 0.3 is 5.97 Å². The van der Waals surface area contributed by atoms with Crippen molar-refractivity contribution in [3.63, 3.8) is 0 Å². The van der Waals surface area contributed by atoms with Crippen molar-refractivity contribution in [1.82, 2.24) is 14.5 Å². The molecule has 56 heavy (non-hydrogen) atoms. The van der Waals surface area contributed by atoms with E-state index in [1.807, 2.05) is 41.9 Å². The lowest BCUT2D eigenvalue weighted by atomic mass is 9.86. The molecule has 4 aliphatic rings. The average molecular weight is 805 g/mol. The fourth-order valence-electron chi connectivity index (χ4n) is 8.25. The minimum absolute atomic E-state index is 0.0340. The van der Waals surface area contributed by atoms with Gasteiger partial charge in [-0.2, -0.15) is 0 Å². The summed E-state index contributed by atoms with van der Waals surface area (Å²) in [5.74, 6) is 0.336. The third kappa shape index (κ3) is 7.51. The number of carbonyl (C=O) groups excluding carboxylic acids is 2. The van der Waals surface area contributed by atoms with E-state index in [1.165, 1.54) is 6.42 Å². The Morgan fingerprint density at radius 3 is 2.52 bits per heavy atom. The highest BCUT2D eigenvalue weighted by Gasteiger charge is 2.32. The van der Waals surface area contributed by atoms with Gasteiger partial charge in [0.2, 0.25) is 0 Å². The SMILES string of the molecule is CC(COC(=O)C1CCC1)N1CCc2c(nc(C(=O)Nc3cccc(-c4cccc5c4CCC5Oc4cc(OCC5CCC5)c(CN)c(F)c4Cl)c3Cl)n2C)C1. The number of nitrogens with one attached hydrogen (secondary N) is 1. The van der Waals surface area contributed by atoms with E-state index in [0.29, 0.717) is 60.8 Å². The molecule has 1 amide bonds. The molecule has 3 N–H and O–H groups in total. The van der Waals surface area contributed by atoms with E-state index in [9.17, 15) is 9.59 Å². The lowest BCUT2D eigenvalue weighted by Crippen LogP contribution is -2.41. The van der Waals surface area contributed by atoms with Crippen LogP contribution in [0.25, 0.3) is 11.1 Å². The highest BCUT2D eigenvalue weighted by Crippen LogP contribution is 2.46. The number of anilines is 1. The van der Waals surface area contributed by atoms with E-state index >= 15 is 4.39 Å². The summed E-state index contributed by atoms with van der Waals surface area (Å²) in [7, 11) is 1.86. The van der Waals surface area contributed by atoms with Crippen molar-refractivity contribution < 1.29 is 28.2 Å². The molecule has 4 aromatic rings. The molecule has 8 rings (SSSR count). The first kappa shape index (κ1) is 38.7. The first-order valence-electron chi connectivity index (χ1n) is 19.8. The average Bonchev–Trinajstić information content (AvgIpc) is 3.72. The first-order valence-corrected chi connectivity index (χ1v) is 20.5. The summed E-state index contributed by atoms with van der Waals surface area (Å²) < 4.78 is 35.4. The number of amides is 1. The highest BCUT2D eigenvalue weighted by molar-refractivity contribution is 6.36. The number of hydrogen-bond donors (Lipinski definition) is 2. The molecule has 1 aromatic heterocycles. The van der Waals surface area contributed by atoms with Crippen LogP contribution in [0.3, 0.4) is 0 Å². The summed E-state index contributed by atoms with van der Waals surface area (Å²) in [4.78, 5) is 33.1. The Balaban J connectivity index is 0.966. The van der Waals surface area contributed by atoms with Gasteiger partial charge in [0.05, 0.1) is 28.9 Å². The molecule has 0 radical (unpaired) electrons. The minimum atomic E-state index is -0.617. The van der Waals surface area contributed by atoms with Crippen LogP contribution in [0.1, 0.15) is 96.7 Å². The number of imidazole rings is 1. The van der Waals surface area contributed by atoms with Gasteiger partial charge in [0, 0.05) is 62.0 Å². The molecule has 10 nitrogen and oxygen atoms in total. The summed E-state index contributed by atoms with van der Waals surface area (Å²) >= 11 is 13.6. The topological polar surface area (TPSA) is 121 Å². The summed E-state index contributed by atoms with van der Waals surface area (Å²) in [5, 5.41) is 3.31. The van der Waals surface area contributed by atoms with E-state index in [-0.39, 0.29) is 52.8 Å². The Bertz CT molecular complexity index is 2150. The maximum absolute atomic E-state index is 15.4. The lowest BCUT2D eigenvalue weighted by Gasteiger charge is -2.32. The van der Waals surface area contributed by atoms with Crippen molar-refractivity contribution in [1.29, 1.82) is 0 Å². The molecular formula is C43H48Cl2FN5O5. The second-order valence-electron chi connectivity index (χ2n) is 15.6. The van der Waals surface area contributed by atoms with Gasteiger partial charge in [-0.3, -0.25) is 14.5 Å². The zero-order chi connectivity index (χ0) is 39.1. The number of aromatic nitrogens is 2. The standard InChI is InChI=1S/C43H48Cl2FN5O5/c1-24(22-55-43(53)26-9-4-10-26)51-18-17-34-33(21-51)48-41(50(34)2)42(52)49-32-14-6-13-30(38(32)44)27-11-5-12-29-28(27)15-16-35(29)56-37-19-36(54-23-25-7-3-8-25)31(20-47)40(46)39(37)45/h5-6,11-14,19,24-26,35H,3-4,7-10,15-18,20-23,47H2,1-2H3,(H,49,52). The third-order valence-electron chi connectivity index (χ3n) is 12.2. The van der Waals surface area contributed by atoms with E-state index in [0.717, 1.165) is 78.7 Å². The second kappa shape index (κ2) is 16.4. The van der Waals surface area contributed by atoms with Gasteiger partial charge in [0.1, 0.15) is 29.2 Å². The molecule has 296 valence electrons. The fraction of sp³-hybridized carbons (Fsp3) is 0.465. The largest absolute Gasteiger partial charge is 0.493 e. The smallest absolute Gasteiger partial charge is 0.308 e. The van der Waals surface area contributed by atoms with Crippen molar-refractivity contribution >= 4 is 40.8 Å². The van der Waals surface area contributed by atoms with Crippen molar-refractivity contribution in [3.05, 3.63) is 92.2 Å². The number of nitrogens with zero attached hydrogens (tertiary/aromatic N) is 3. The van der Waals surface area contributed by atoms with Gasteiger partial charge in [-0.05, 0) is 74.1 Å². The summed E-state index contributed by atoms with van der Waals surface area (Å²) in [6.07, 6.45) is 8.03. The number of fused-ring (bicyclic) bond motifs is 2. The Labute approximate surface area is 336 Å². The molecule has 2 heterocycles. The van der Waals surface area contributed by atoms with E-state index in [2.05, 4.69) is 17.1 Å². The van der Waals surface area contributed by atoms with Crippen molar-refractivity contribution in [2.45, 2.75) is 89.9 Å². The number of hydrogen-bond acceptors (Lipinski definition) is 8. The molecule has 3 aromatic carbocycles. The number of esters is 1. The van der Waals surface area contributed by atoms with Crippen LogP contribution in [-0.2, 0) is 42.5 Å². The molecule has 2 unspecified atom stereocenters. The molecule has 2 saturated carbocycles. The van der Waals surface area contributed by atoms with Crippen LogP contribution in [0.5, 0.6) is 11.5 Å². The molecule has 0 saturated heterocycles. The van der Waals surface area contributed by atoms with Gasteiger partial charge < -0.3 is 29.8 Å². The van der Waals surface area contributed by atoms with Gasteiger partial charge in [0.25, 0.3) is 5.91 Å². The molecule has 1 aliphatic heterocycles. The van der Waals surface area contributed by atoms with Gasteiger partial charge in [0.15, 0.2) is 11.6 Å². The first-order chi connectivity index (χ1) is 27.1. The van der Waals surface area contributed by atoms with Crippen molar-refractivity contribution in [2.75, 3.05) is 25.1 Å². The Kier molecular flexibility index (Phi) is 11.3. The molecule has 3 aliphatic carbocycles. The zero-order valence-corrected chi connectivity index (χ0v) is 33.4.